The highest BCUT2D eigenvalue weighted by atomic mass is 32.2. The van der Waals surface area contributed by atoms with E-state index < -0.39 is 10.0 Å². The molecular formula is C26H36N4O4S. The van der Waals surface area contributed by atoms with Crippen LogP contribution in [0.2, 0.25) is 0 Å². The van der Waals surface area contributed by atoms with Crippen molar-refractivity contribution in [2.75, 3.05) is 32.8 Å². The van der Waals surface area contributed by atoms with Crippen LogP contribution < -0.4 is 15.6 Å². The van der Waals surface area contributed by atoms with Crippen LogP contribution >= 0.6 is 0 Å². The van der Waals surface area contributed by atoms with Gasteiger partial charge in [-0.1, -0.05) is 45.0 Å². The van der Waals surface area contributed by atoms with Crippen molar-refractivity contribution < 1.29 is 17.9 Å². The molecule has 0 saturated carbocycles. The molecule has 2 heterocycles. The zero-order valence-electron chi connectivity index (χ0n) is 21.0. The molecule has 9 heteroatoms. The third kappa shape index (κ3) is 5.69. The summed E-state index contributed by atoms with van der Waals surface area (Å²) < 4.78 is 33.2. The fourth-order valence-electron chi connectivity index (χ4n) is 4.54. The number of nitrogens with zero attached hydrogens (tertiary/aromatic N) is 2. The fraction of sp³-hybridized carbons (Fsp3) is 0.500. The number of amides is 1. The summed E-state index contributed by atoms with van der Waals surface area (Å²) in [7, 11) is -3.59. The molecule has 4 rings (SSSR count). The molecule has 0 aliphatic carbocycles. The van der Waals surface area contributed by atoms with Crippen molar-refractivity contribution in [2.24, 2.45) is 0 Å². The molecule has 0 bridgehead atoms. The summed E-state index contributed by atoms with van der Waals surface area (Å²) >= 11 is 0. The van der Waals surface area contributed by atoms with Gasteiger partial charge < -0.3 is 9.64 Å². The SMILES string of the molecule is CCOc1ccc(C2CC(C(=O)N3CCN(S(=O)(=O)c4ccc(C(C)(C)C)cc4)CC3)NN2)cc1. The number of sulfonamides is 1. The van der Waals surface area contributed by atoms with Gasteiger partial charge in [0, 0.05) is 32.2 Å². The van der Waals surface area contributed by atoms with Gasteiger partial charge in [-0.2, -0.15) is 4.31 Å². The number of rotatable bonds is 6. The number of carbonyl (C=O) groups excluding carboxylic acids is 1. The second kappa shape index (κ2) is 10.3. The highest BCUT2D eigenvalue weighted by molar-refractivity contribution is 7.89. The second-order valence-corrected chi connectivity index (χ2v) is 12.1. The first-order chi connectivity index (χ1) is 16.6. The van der Waals surface area contributed by atoms with Crippen LogP contribution in [0.1, 0.15) is 51.3 Å². The van der Waals surface area contributed by atoms with Crippen LogP contribution in [-0.2, 0) is 20.2 Å². The molecule has 2 atom stereocenters. The van der Waals surface area contributed by atoms with Gasteiger partial charge in [0.15, 0.2) is 0 Å². The number of hydrazine groups is 1. The number of nitrogens with one attached hydrogen (secondary N) is 2. The van der Waals surface area contributed by atoms with Gasteiger partial charge in [-0.05, 0) is 54.2 Å². The first-order valence-electron chi connectivity index (χ1n) is 12.2. The van der Waals surface area contributed by atoms with E-state index in [4.69, 9.17) is 4.74 Å². The van der Waals surface area contributed by atoms with E-state index >= 15 is 0 Å². The van der Waals surface area contributed by atoms with Crippen molar-refractivity contribution in [3.05, 3.63) is 59.7 Å². The molecule has 0 radical (unpaired) electrons. The molecular weight excluding hydrogens is 464 g/mol. The van der Waals surface area contributed by atoms with Gasteiger partial charge in [0.25, 0.3) is 0 Å². The Labute approximate surface area is 208 Å². The summed E-state index contributed by atoms with van der Waals surface area (Å²) in [5.74, 6) is 0.824. The smallest absolute Gasteiger partial charge is 0.243 e. The van der Waals surface area contributed by atoms with Gasteiger partial charge in [-0.3, -0.25) is 4.79 Å². The minimum Gasteiger partial charge on any atom is -0.494 e. The molecule has 2 aromatic carbocycles. The number of piperazine rings is 1. The van der Waals surface area contributed by atoms with Crippen LogP contribution in [0.3, 0.4) is 0 Å². The normalized spacial score (nSPS) is 21.8. The van der Waals surface area contributed by atoms with E-state index in [-0.39, 0.29) is 36.5 Å². The molecule has 190 valence electrons. The molecule has 1 amide bonds. The van der Waals surface area contributed by atoms with E-state index in [2.05, 4.69) is 31.6 Å². The number of benzene rings is 2. The Morgan fingerprint density at radius 1 is 0.971 bits per heavy atom. The van der Waals surface area contributed by atoms with Gasteiger partial charge >= 0.3 is 0 Å². The van der Waals surface area contributed by atoms with E-state index in [1.54, 1.807) is 17.0 Å². The van der Waals surface area contributed by atoms with E-state index in [0.29, 0.717) is 31.0 Å². The van der Waals surface area contributed by atoms with E-state index in [1.165, 1.54) is 4.31 Å². The quantitative estimate of drug-likeness (QED) is 0.634. The van der Waals surface area contributed by atoms with Crippen molar-refractivity contribution in [1.82, 2.24) is 20.1 Å². The molecule has 2 unspecified atom stereocenters. The van der Waals surface area contributed by atoms with E-state index in [9.17, 15) is 13.2 Å². The summed E-state index contributed by atoms with van der Waals surface area (Å²) in [5.41, 5.74) is 8.48. The van der Waals surface area contributed by atoms with Crippen molar-refractivity contribution in [3.8, 4) is 5.75 Å². The van der Waals surface area contributed by atoms with E-state index in [0.717, 1.165) is 16.9 Å². The first-order valence-corrected chi connectivity index (χ1v) is 13.7. The Kier molecular flexibility index (Phi) is 7.51. The number of hydrogen-bond acceptors (Lipinski definition) is 6. The van der Waals surface area contributed by atoms with Crippen LogP contribution in [0, 0.1) is 0 Å². The Morgan fingerprint density at radius 2 is 1.60 bits per heavy atom. The average molecular weight is 501 g/mol. The molecule has 35 heavy (non-hydrogen) atoms. The lowest BCUT2D eigenvalue weighted by molar-refractivity contribution is -0.134. The summed E-state index contributed by atoms with van der Waals surface area (Å²) in [5, 5.41) is 0. The Morgan fingerprint density at radius 3 is 2.17 bits per heavy atom. The average Bonchev–Trinajstić information content (AvgIpc) is 3.34. The summed E-state index contributed by atoms with van der Waals surface area (Å²) in [4.78, 5) is 15.2. The fourth-order valence-corrected chi connectivity index (χ4v) is 5.97. The predicted octanol–water partition coefficient (Wildman–Crippen LogP) is 2.82. The van der Waals surface area contributed by atoms with Gasteiger partial charge in [-0.25, -0.2) is 19.3 Å². The largest absolute Gasteiger partial charge is 0.494 e. The number of hydrogen-bond donors (Lipinski definition) is 2. The maximum Gasteiger partial charge on any atom is 0.243 e. The van der Waals surface area contributed by atoms with Gasteiger partial charge in [-0.15, -0.1) is 0 Å². The highest BCUT2D eigenvalue weighted by Gasteiger charge is 2.36. The second-order valence-electron chi connectivity index (χ2n) is 10.1. The summed E-state index contributed by atoms with van der Waals surface area (Å²) in [6, 6.07) is 14.7. The summed E-state index contributed by atoms with van der Waals surface area (Å²) in [6.07, 6.45) is 0.630. The first kappa shape index (κ1) is 25.6. The Balaban J connectivity index is 1.32. The minimum absolute atomic E-state index is 0.00230. The lowest BCUT2D eigenvalue weighted by atomic mass is 9.87. The van der Waals surface area contributed by atoms with Gasteiger partial charge in [0.1, 0.15) is 11.8 Å². The standard InChI is InChI=1S/C26H36N4O4S/c1-5-34-21-10-6-19(7-11-21)23-18-24(28-27-23)25(31)29-14-16-30(17-15-29)35(32,33)22-12-8-20(9-13-22)26(2,3)4/h6-13,23-24,27-28H,5,14-18H2,1-4H3. The van der Waals surface area contributed by atoms with Crippen molar-refractivity contribution in [3.63, 3.8) is 0 Å². The van der Waals surface area contributed by atoms with Crippen LogP contribution in [0.4, 0.5) is 0 Å². The topological polar surface area (TPSA) is 91.0 Å². The van der Waals surface area contributed by atoms with E-state index in [1.807, 2.05) is 43.3 Å². The molecule has 2 N–H and O–H groups in total. The van der Waals surface area contributed by atoms with Crippen molar-refractivity contribution in [1.29, 1.82) is 0 Å². The number of carbonyl (C=O) groups is 1. The third-order valence-electron chi connectivity index (χ3n) is 6.70. The van der Waals surface area contributed by atoms with Crippen LogP contribution in [0.25, 0.3) is 0 Å². The van der Waals surface area contributed by atoms with Crippen molar-refractivity contribution in [2.45, 2.75) is 56.5 Å². The Bertz CT molecular complexity index is 1120. The summed E-state index contributed by atoms with van der Waals surface area (Å²) in [6.45, 7) is 10.2. The molecule has 2 fully saturated rings. The monoisotopic (exact) mass is 500 g/mol. The van der Waals surface area contributed by atoms with Crippen LogP contribution in [-0.4, -0.2) is 62.4 Å². The molecule has 8 nitrogen and oxygen atoms in total. The lowest BCUT2D eigenvalue weighted by Gasteiger charge is -2.35. The molecule has 2 aromatic rings. The Hall–Kier alpha value is -2.46. The van der Waals surface area contributed by atoms with Crippen molar-refractivity contribution >= 4 is 15.9 Å². The zero-order valence-corrected chi connectivity index (χ0v) is 21.8. The number of ether oxygens (including phenoxy) is 1. The molecule has 0 spiro atoms. The third-order valence-corrected chi connectivity index (χ3v) is 8.62. The molecule has 2 saturated heterocycles. The zero-order chi connectivity index (χ0) is 25.2. The maximum absolute atomic E-state index is 13.1. The highest BCUT2D eigenvalue weighted by Crippen LogP contribution is 2.27. The van der Waals surface area contributed by atoms with Crippen LogP contribution in [0.5, 0.6) is 5.75 Å². The molecule has 0 aromatic heterocycles. The lowest BCUT2D eigenvalue weighted by Crippen LogP contribution is -2.54. The maximum atomic E-state index is 13.1. The van der Waals surface area contributed by atoms with Gasteiger partial charge in [0.2, 0.25) is 15.9 Å². The minimum atomic E-state index is -3.59. The van der Waals surface area contributed by atoms with Gasteiger partial charge in [0.05, 0.1) is 11.5 Å². The van der Waals surface area contributed by atoms with Crippen LogP contribution in [0.15, 0.2) is 53.4 Å². The molecule has 2 aliphatic heterocycles. The predicted molar refractivity (Wildman–Crippen MR) is 136 cm³/mol. The molecule has 2 aliphatic rings.